The molecule has 11 nitrogen and oxygen atoms in total. The highest BCUT2D eigenvalue weighted by atomic mass is 16.2. The number of carbonyl (C=O) groups excluding carboxylic acids is 3. The number of aryl methyl sites for hydroxylation is 1. The highest BCUT2D eigenvalue weighted by Crippen LogP contribution is 2.14. The number of urea groups is 1. The van der Waals surface area contributed by atoms with Crippen LogP contribution in [0.2, 0.25) is 0 Å². The molecule has 0 spiro atoms. The molecule has 0 fully saturated rings. The fourth-order valence-electron chi connectivity index (χ4n) is 3.38. The van der Waals surface area contributed by atoms with Crippen LogP contribution in [0.1, 0.15) is 43.5 Å². The lowest BCUT2D eigenvalue weighted by molar-refractivity contribution is -0.122. The summed E-state index contributed by atoms with van der Waals surface area (Å²) in [6.45, 7) is 14.0. The highest BCUT2D eigenvalue weighted by Gasteiger charge is 2.13. The van der Waals surface area contributed by atoms with Gasteiger partial charge >= 0.3 is 6.03 Å². The summed E-state index contributed by atoms with van der Waals surface area (Å²) in [5.41, 5.74) is 20.2. The summed E-state index contributed by atoms with van der Waals surface area (Å²) >= 11 is 0. The number of anilines is 1. The van der Waals surface area contributed by atoms with Gasteiger partial charge in [0.05, 0.1) is 23.6 Å². The smallest absolute Gasteiger partial charge is 0.317 e. The predicted octanol–water partition coefficient (Wildman–Crippen LogP) is 2.34. The Hall–Kier alpha value is -4.06. The van der Waals surface area contributed by atoms with E-state index in [1.807, 2.05) is 13.0 Å². The van der Waals surface area contributed by atoms with E-state index in [1.54, 1.807) is 29.3 Å². The molecule has 11 heteroatoms. The van der Waals surface area contributed by atoms with Crippen molar-refractivity contribution in [2.45, 2.75) is 39.2 Å². The first-order valence-corrected chi connectivity index (χ1v) is 13.8. The van der Waals surface area contributed by atoms with Crippen molar-refractivity contribution in [2.75, 3.05) is 44.6 Å². The van der Waals surface area contributed by atoms with Crippen molar-refractivity contribution in [2.24, 2.45) is 17.2 Å². The lowest BCUT2D eigenvalue weighted by atomic mass is 10.1. The first-order chi connectivity index (χ1) is 19.8. The Morgan fingerprint density at radius 1 is 1.05 bits per heavy atom. The Labute approximate surface area is 244 Å². The van der Waals surface area contributed by atoms with Crippen LogP contribution < -0.4 is 33.2 Å². The van der Waals surface area contributed by atoms with Gasteiger partial charge in [0.15, 0.2) is 0 Å². The van der Waals surface area contributed by atoms with E-state index in [-0.39, 0.29) is 11.9 Å². The van der Waals surface area contributed by atoms with E-state index >= 15 is 0 Å². The van der Waals surface area contributed by atoms with E-state index < -0.39 is 6.04 Å². The summed E-state index contributed by atoms with van der Waals surface area (Å²) in [5.74, 6) is -0.160. The van der Waals surface area contributed by atoms with Crippen LogP contribution in [0, 0.1) is 0 Å². The number of nitrogens with one attached hydrogen (secondary N) is 3. The van der Waals surface area contributed by atoms with Gasteiger partial charge in [-0.25, -0.2) is 4.79 Å². The van der Waals surface area contributed by atoms with Crippen molar-refractivity contribution < 1.29 is 14.4 Å². The van der Waals surface area contributed by atoms with E-state index in [9.17, 15) is 14.4 Å². The Bertz CT molecular complexity index is 1030. The van der Waals surface area contributed by atoms with E-state index in [2.05, 4.69) is 65.3 Å². The number of nitrogens with two attached hydrogens (primary N) is 3. The third-order valence-corrected chi connectivity index (χ3v) is 5.58. The highest BCUT2D eigenvalue weighted by molar-refractivity contribution is 5.81. The molecule has 1 atom stereocenters. The molecule has 1 aromatic carbocycles. The van der Waals surface area contributed by atoms with Crippen LogP contribution in [-0.4, -0.2) is 73.5 Å². The van der Waals surface area contributed by atoms with Gasteiger partial charge in [-0.1, -0.05) is 56.5 Å². The summed E-state index contributed by atoms with van der Waals surface area (Å²) in [4.78, 5) is 39.0. The lowest BCUT2D eigenvalue weighted by Gasteiger charge is -2.21. The van der Waals surface area contributed by atoms with Crippen molar-refractivity contribution in [3.05, 3.63) is 72.6 Å². The fourth-order valence-corrected chi connectivity index (χ4v) is 3.38. The van der Waals surface area contributed by atoms with Crippen molar-refractivity contribution in [3.8, 4) is 0 Å². The minimum absolute atomic E-state index is 0.160. The second kappa shape index (κ2) is 23.8. The first kappa shape index (κ1) is 36.9. The number of hydrogen-bond donors (Lipinski definition) is 6. The zero-order valence-corrected chi connectivity index (χ0v) is 24.5. The molecule has 0 aliphatic heterocycles. The maximum absolute atomic E-state index is 11.8. The number of pyridine rings is 1. The van der Waals surface area contributed by atoms with Gasteiger partial charge in [0.1, 0.15) is 0 Å². The molecule has 226 valence electrons. The predicted molar refractivity (Wildman–Crippen MR) is 169 cm³/mol. The average molecular weight is 569 g/mol. The lowest BCUT2D eigenvalue weighted by Crippen LogP contribution is -2.45. The topological polar surface area (TPSA) is 181 Å². The second-order valence-electron chi connectivity index (χ2n) is 8.65. The van der Waals surface area contributed by atoms with E-state index in [1.165, 1.54) is 5.56 Å². The third-order valence-electron chi connectivity index (χ3n) is 5.58. The molecule has 1 heterocycles. The Morgan fingerprint density at radius 2 is 1.71 bits per heavy atom. The van der Waals surface area contributed by atoms with Gasteiger partial charge in [0.2, 0.25) is 12.3 Å². The summed E-state index contributed by atoms with van der Waals surface area (Å²) in [5, 5.41) is 7.94. The molecule has 1 unspecified atom stereocenters. The van der Waals surface area contributed by atoms with Crippen molar-refractivity contribution in [1.29, 1.82) is 0 Å². The molecule has 4 amide bonds. The van der Waals surface area contributed by atoms with E-state index in [0.717, 1.165) is 17.7 Å². The molecule has 1 aromatic heterocycles. The quantitative estimate of drug-likeness (QED) is 0.141. The number of likely N-dealkylation sites (N-methyl/N-ethyl adjacent to an activating group) is 1. The van der Waals surface area contributed by atoms with Crippen LogP contribution >= 0.6 is 0 Å². The molecule has 2 aromatic rings. The molecule has 0 aliphatic carbocycles. The largest absolute Gasteiger partial charge is 0.355 e. The van der Waals surface area contributed by atoms with Gasteiger partial charge in [-0.3, -0.25) is 14.6 Å². The number of benzene rings is 1. The average Bonchev–Trinajstić information content (AvgIpc) is 3.00. The maximum atomic E-state index is 11.8. The number of rotatable bonds is 15. The van der Waals surface area contributed by atoms with E-state index in [4.69, 9.17) is 17.2 Å². The number of nitrogens with zero attached hydrogens (tertiary/aromatic N) is 2. The third kappa shape index (κ3) is 16.6. The summed E-state index contributed by atoms with van der Waals surface area (Å²) < 4.78 is 0. The number of amides is 4. The Morgan fingerprint density at radius 3 is 2.20 bits per heavy atom. The summed E-state index contributed by atoms with van der Waals surface area (Å²) in [6.07, 6.45) is 7.79. The molecule has 2 rings (SSSR count). The Balaban J connectivity index is 0.000000645. The molecule has 0 radical (unpaired) electrons. The Kier molecular flexibility index (Phi) is 21.4. The standard InChI is InChI=1S/C12H28N6O2.C10H10N2O.C8H10/c1-2-16-11(19)10(15)4-3-7-17-12(20)18(8-5-13)9-6-14;1-3-8-5-9(12-7-13)6-11-10(8)4-2;1-2-8-6-4-3-5-7-8/h10H,2-9,13-15H2,1H3,(H,16,19)(H,17,20);3-7H,1-2H2,(H,12,13);3-7H,2H2,1H3. The zero-order valence-electron chi connectivity index (χ0n) is 24.5. The van der Waals surface area contributed by atoms with Gasteiger partial charge in [-0.05, 0) is 43.9 Å². The fraction of sp³-hybridized carbons (Fsp3) is 0.400. The van der Waals surface area contributed by atoms with Crippen molar-refractivity contribution in [1.82, 2.24) is 20.5 Å². The second-order valence-corrected chi connectivity index (χ2v) is 8.65. The monoisotopic (exact) mass is 568 g/mol. The molecular formula is C30H48N8O3. The van der Waals surface area contributed by atoms with Gasteiger partial charge < -0.3 is 38.1 Å². The normalized spacial score (nSPS) is 10.4. The number of hydrogen-bond acceptors (Lipinski definition) is 7. The minimum atomic E-state index is -0.531. The van der Waals surface area contributed by atoms with Gasteiger partial charge in [-0.15, -0.1) is 0 Å². The van der Waals surface area contributed by atoms with Crippen molar-refractivity contribution in [3.63, 3.8) is 0 Å². The summed E-state index contributed by atoms with van der Waals surface area (Å²) in [7, 11) is 0. The number of carbonyl (C=O) groups is 3. The van der Waals surface area contributed by atoms with Gasteiger partial charge in [0.25, 0.3) is 0 Å². The van der Waals surface area contributed by atoms with Crippen LogP contribution in [0.3, 0.4) is 0 Å². The van der Waals surface area contributed by atoms with Crippen molar-refractivity contribution >= 4 is 36.2 Å². The molecule has 0 aliphatic rings. The number of aromatic nitrogens is 1. The molecule has 0 saturated carbocycles. The van der Waals surface area contributed by atoms with Crippen LogP contribution in [0.25, 0.3) is 12.2 Å². The maximum Gasteiger partial charge on any atom is 0.317 e. The first-order valence-electron chi connectivity index (χ1n) is 13.8. The van der Waals surface area contributed by atoms with Crippen LogP contribution in [-0.2, 0) is 16.0 Å². The minimum Gasteiger partial charge on any atom is -0.355 e. The molecule has 41 heavy (non-hydrogen) atoms. The SMILES string of the molecule is C=Cc1cc(NC=O)cnc1C=C.CCNC(=O)C(N)CCCNC(=O)N(CCN)CCN.CCc1ccccc1. The molecule has 0 saturated heterocycles. The van der Waals surface area contributed by atoms with Crippen LogP contribution in [0.15, 0.2) is 55.8 Å². The van der Waals surface area contributed by atoms with E-state index in [0.29, 0.717) is 64.2 Å². The van der Waals surface area contributed by atoms with Crippen LogP contribution in [0.5, 0.6) is 0 Å². The summed E-state index contributed by atoms with van der Waals surface area (Å²) in [6, 6.07) is 11.5. The molecule has 9 N–H and O–H groups in total. The van der Waals surface area contributed by atoms with Gasteiger partial charge in [-0.2, -0.15) is 0 Å². The molecule has 0 bridgehead atoms. The van der Waals surface area contributed by atoms with Crippen LogP contribution in [0.4, 0.5) is 10.5 Å². The zero-order chi connectivity index (χ0) is 30.9. The van der Waals surface area contributed by atoms with Gasteiger partial charge in [0, 0.05) is 44.8 Å². The molecular weight excluding hydrogens is 520 g/mol.